The fourth-order valence-electron chi connectivity index (χ4n) is 2.40. The summed E-state index contributed by atoms with van der Waals surface area (Å²) in [4.78, 5) is 0. The summed E-state index contributed by atoms with van der Waals surface area (Å²) in [7, 11) is 0. The summed E-state index contributed by atoms with van der Waals surface area (Å²) in [6.45, 7) is 4.47. The lowest BCUT2D eigenvalue weighted by Crippen LogP contribution is -1.86. The Morgan fingerprint density at radius 2 is 1.05 bits per heavy atom. The van der Waals surface area contributed by atoms with E-state index < -0.39 is 0 Å². The molecule has 19 heavy (non-hydrogen) atoms. The van der Waals surface area contributed by atoms with Crippen molar-refractivity contribution in [1.82, 2.24) is 0 Å². The molecule has 0 radical (unpaired) electrons. The van der Waals surface area contributed by atoms with Crippen molar-refractivity contribution in [3.8, 4) is 11.1 Å². The molecule has 0 aliphatic rings. The highest BCUT2D eigenvalue weighted by Crippen LogP contribution is 2.21. The zero-order chi connectivity index (χ0) is 13.5. The lowest BCUT2D eigenvalue weighted by Gasteiger charge is -2.05. The van der Waals surface area contributed by atoms with Crippen LogP contribution in [-0.2, 0) is 12.8 Å². The monoisotopic (exact) mass is 252 g/mol. The minimum absolute atomic E-state index is 1.18. The van der Waals surface area contributed by atoms with Crippen LogP contribution in [0.4, 0.5) is 0 Å². The smallest absolute Gasteiger partial charge is 0.0184 e. The SMILES string of the molecule is CCCCc1ccc(-c2ccc(CCC)cc2)cc1. The standard InChI is InChI=1S/C19H24/c1-3-5-7-17-10-14-19(15-11-17)18-12-8-16(6-4-2)9-13-18/h8-15H,3-7H2,1-2H3. The minimum atomic E-state index is 1.18. The van der Waals surface area contributed by atoms with Crippen molar-refractivity contribution in [3.05, 3.63) is 59.7 Å². The van der Waals surface area contributed by atoms with E-state index in [1.807, 2.05) is 0 Å². The molecule has 0 bridgehead atoms. The fraction of sp³-hybridized carbons (Fsp3) is 0.368. The van der Waals surface area contributed by atoms with Crippen LogP contribution in [0.25, 0.3) is 11.1 Å². The third-order valence-corrected chi connectivity index (χ3v) is 3.60. The van der Waals surface area contributed by atoms with Crippen LogP contribution in [0.1, 0.15) is 44.2 Å². The van der Waals surface area contributed by atoms with Crippen LogP contribution in [0, 0.1) is 0 Å². The molecular weight excluding hydrogens is 228 g/mol. The van der Waals surface area contributed by atoms with Crippen LogP contribution < -0.4 is 0 Å². The van der Waals surface area contributed by atoms with Crippen molar-refractivity contribution in [3.63, 3.8) is 0 Å². The van der Waals surface area contributed by atoms with Gasteiger partial charge in [-0.25, -0.2) is 0 Å². The molecule has 2 rings (SSSR count). The van der Waals surface area contributed by atoms with Crippen LogP contribution in [0.3, 0.4) is 0 Å². The van der Waals surface area contributed by atoms with E-state index in [0.29, 0.717) is 0 Å². The molecule has 0 unspecified atom stereocenters. The van der Waals surface area contributed by atoms with Gasteiger partial charge in [0.15, 0.2) is 0 Å². The number of benzene rings is 2. The van der Waals surface area contributed by atoms with Gasteiger partial charge in [-0.1, -0.05) is 75.2 Å². The summed E-state index contributed by atoms with van der Waals surface area (Å²) >= 11 is 0. The van der Waals surface area contributed by atoms with Gasteiger partial charge < -0.3 is 0 Å². The molecule has 2 aromatic rings. The van der Waals surface area contributed by atoms with Crippen molar-refractivity contribution in [2.24, 2.45) is 0 Å². The first kappa shape index (κ1) is 13.9. The van der Waals surface area contributed by atoms with Gasteiger partial charge in [0.25, 0.3) is 0 Å². The Kier molecular flexibility index (Phi) is 5.20. The van der Waals surface area contributed by atoms with Gasteiger partial charge in [0.05, 0.1) is 0 Å². The number of hydrogen-bond acceptors (Lipinski definition) is 0. The Balaban J connectivity index is 2.08. The molecule has 0 fully saturated rings. The maximum atomic E-state index is 2.27. The predicted octanol–water partition coefficient (Wildman–Crippen LogP) is 5.65. The lowest BCUT2D eigenvalue weighted by atomic mass is 10.00. The molecule has 0 N–H and O–H groups in total. The first-order valence-electron chi connectivity index (χ1n) is 7.51. The highest BCUT2D eigenvalue weighted by Gasteiger charge is 1.99. The van der Waals surface area contributed by atoms with Gasteiger partial charge in [0.1, 0.15) is 0 Å². The van der Waals surface area contributed by atoms with Crippen LogP contribution in [-0.4, -0.2) is 0 Å². The average Bonchev–Trinajstić information content (AvgIpc) is 2.47. The molecule has 100 valence electrons. The van der Waals surface area contributed by atoms with E-state index in [1.54, 1.807) is 0 Å². The first-order chi connectivity index (χ1) is 9.33. The zero-order valence-electron chi connectivity index (χ0n) is 12.2. The first-order valence-corrected chi connectivity index (χ1v) is 7.51. The summed E-state index contributed by atoms with van der Waals surface area (Å²) in [5.41, 5.74) is 5.53. The van der Waals surface area contributed by atoms with Crippen LogP contribution in [0.2, 0.25) is 0 Å². The van der Waals surface area contributed by atoms with E-state index in [9.17, 15) is 0 Å². The normalized spacial score (nSPS) is 10.6. The predicted molar refractivity (Wildman–Crippen MR) is 84.5 cm³/mol. The third kappa shape index (κ3) is 3.96. The van der Waals surface area contributed by atoms with Crippen molar-refractivity contribution >= 4 is 0 Å². The highest BCUT2D eigenvalue weighted by atomic mass is 14.0. The van der Waals surface area contributed by atoms with Crippen LogP contribution in [0.15, 0.2) is 48.5 Å². The van der Waals surface area contributed by atoms with Gasteiger partial charge in [-0.05, 0) is 41.5 Å². The summed E-state index contributed by atoms with van der Waals surface area (Å²) in [6, 6.07) is 18.0. The van der Waals surface area contributed by atoms with E-state index in [-0.39, 0.29) is 0 Å². The Bertz CT molecular complexity index is 476. The quantitative estimate of drug-likeness (QED) is 0.623. The molecular formula is C19H24. The summed E-state index contributed by atoms with van der Waals surface area (Å²) < 4.78 is 0. The van der Waals surface area contributed by atoms with Gasteiger partial charge >= 0.3 is 0 Å². The lowest BCUT2D eigenvalue weighted by molar-refractivity contribution is 0.795. The van der Waals surface area contributed by atoms with Gasteiger partial charge in [-0.2, -0.15) is 0 Å². The zero-order valence-corrected chi connectivity index (χ0v) is 12.2. The number of rotatable bonds is 6. The Morgan fingerprint density at radius 1 is 0.579 bits per heavy atom. The Hall–Kier alpha value is -1.56. The average molecular weight is 252 g/mol. The maximum absolute atomic E-state index is 2.27. The number of aryl methyl sites for hydroxylation is 2. The molecule has 0 nitrogen and oxygen atoms in total. The molecule has 0 aliphatic carbocycles. The van der Waals surface area contributed by atoms with E-state index in [2.05, 4.69) is 62.4 Å². The second-order valence-electron chi connectivity index (χ2n) is 5.25. The van der Waals surface area contributed by atoms with Gasteiger partial charge in [-0.3, -0.25) is 0 Å². The fourth-order valence-corrected chi connectivity index (χ4v) is 2.40. The molecule has 0 aromatic heterocycles. The van der Waals surface area contributed by atoms with Gasteiger partial charge in [0.2, 0.25) is 0 Å². The Labute approximate surface area is 117 Å². The maximum Gasteiger partial charge on any atom is -0.0184 e. The second-order valence-corrected chi connectivity index (χ2v) is 5.25. The number of hydrogen-bond donors (Lipinski definition) is 0. The molecule has 0 aliphatic heterocycles. The third-order valence-electron chi connectivity index (χ3n) is 3.60. The molecule has 0 heteroatoms. The van der Waals surface area contributed by atoms with Gasteiger partial charge in [-0.15, -0.1) is 0 Å². The van der Waals surface area contributed by atoms with Crippen LogP contribution in [0.5, 0.6) is 0 Å². The minimum Gasteiger partial charge on any atom is -0.0654 e. The highest BCUT2D eigenvalue weighted by molar-refractivity contribution is 5.63. The summed E-state index contributed by atoms with van der Waals surface area (Å²) in [5.74, 6) is 0. The summed E-state index contributed by atoms with van der Waals surface area (Å²) in [5, 5.41) is 0. The van der Waals surface area contributed by atoms with Crippen molar-refractivity contribution < 1.29 is 0 Å². The van der Waals surface area contributed by atoms with Crippen molar-refractivity contribution in [1.29, 1.82) is 0 Å². The van der Waals surface area contributed by atoms with E-state index in [1.165, 1.54) is 54.4 Å². The molecule has 2 aromatic carbocycles. The van der Waals surface area contributed by atoms with Crippen molar-refractivity contribution in [2.75, 3.05) is 0 Å². The van der Waals surface area contributed by atoms with Crippen molar-refractivity contribution in [2.45, 2.75) is 46.0 Å². The van der Waals surface area contributed by atoms with E-state index in [4.69, 9.17) is 0 Å². The second kappa shape index (κ2) is 7.13. The largest absolute Gasteiger partial charge is 0.0654 e. The molecule has 0 saturated carbocycles. The molecule has 0 heterocycles. The Morgan fingerprint density at radius 3 is 1.47 bits per heavy atom. The number of unbranched alkanes of at least 4 members (excludes halogenated alkanes) is 1. The van der Waals surface area contributed by atoms with Crippen LogP contribution >= 0.6 is 0 Å². The van der Waals surface area contributed by atoms with E-state index in [0.717, 1.165) is 0 Å². The summed E-state index contributed by atoms with van der Waals surface area (Å²) in [6.07, 6.45) is 6.14. The molecule has 0 saturated heterocycles. The molecule has 0 atom stereocenters. The molecule has 0 spiro atoms. The topological polar surface area (TPSA) is 0 Å². The molecule has 0 amide bonds. The van der Waals surface area contributed by atoms with Gasteiger partial charge in [0, 0.05) is 0 Å². The van der Waals surface area contributed by atoms with E-state index >= 15 is 0 Å².